The molecular formula is C16H12F2N2S. The molecule has 0 radical (unpaired) electrons. The van der Waals surface area contributed by atoms with E-state index in [1.165, 1.54) is 17.8 Å². The minimum absolute atomic E-state index is 0.325. The molecule has 5 heteroatoms. The molecule has 0 aliphatic rings. The minimum Gasteiger partial charge on any atom is -0.241 e. The summed E-state index contributed by atoms with van der Waals surface area (Å²) >= 11 is 1.28. The highest BCUT2D eigenvalue weighted by molar-refractivity contribution is 7.98. The number of halogens is 2. The zero-order chi connectivity index (χ0) is 14.7. The molecule has 21 heavy (non-hydrogen) atoms. The first-order chi connectivity index (χ1) is 10.2. The van der Waals surface area contributed by atoms with Crippen molar-refractivity contribution in [3.63, 3.8) is 0 Å². The Bertz CT molecular complexity index is 725. The Morgan fingerprint density at radius 1 is 1.05 bits per heavy atom. The quantitative estimate of drug-likeness (QED) is 0.663. The van der Waals surface area contributed by atoms with E-state index in [0.29, 0.717) is 10.6 Å². The predicted octanol–water partition coefficient (Wildman–Crippen LogP) is 4.44. The molecule has 3 rings (SSSR count). The lowest BCUT2D eigenvalue weighted by molar-refractivity contribution is 0.577. The molecule has 3 aromatic rings. The van der Waals surface area contributed by atoms with Crippen LogP contribution < -0.4 is 0 Å². The highest BCUT2D eigenvalue weighted by Gasteiger charge is 2.05. The summed E-state index contributed by atoms with van der Waals surface area (Å²) in [7, 11) is 0. The third kappa shape index (κ3) is 3.31. The first-order valence-corrected chi connectivity index (χ1v) is 7.38. The van der Waals surface area contributed by atoms with Crippen molar-refractivity contribution < 1.29 is 8.78 Å². The summed E-state index contributed by atoms with van der Waals surface area (Å²) < 4.78 is 28.4. The zero-order valence-corrected chi connectivity index (χ0v) is 11.9. The number of nitrogens with zero attached hydrogens (tertiary/aromatic N) is 2. The Hall–Kier alpha value is -2.14. The Balaban J connectivity index is 1.70. The van der Waals surface area contributed by atoms with E-state index in [0.717, 1.165) is 23.4 Å². The average Bonchev–Trinajstić information content (AvgIpc) is 3.03. The summed E-state index contributed by atoms with van der Waals surface area (Å²) in [6, 6.07) is 13.2. The molecule has 0 saturated carbocycles. The summed E-state index contributed by atoms with van der Waals surface area (Å²) in [6.45, 7) is 0. The van der Waals surface area contributed by atoms with Crippen molar-refractivity contribution in [2.24, 2.45) is 0 Å². The van der Waals surface area contributed by atoms with E-state index in [9.17, 15) is 8.78 Å². The highest BCUT2D eigenvalue weighted by atomic mass is 32.2. The third-order valence-corrected chi connectivity index (χ3v) is 4.09. The van der Waals surface area contributed by atoms with Gasteiger partial charge < -0.3 is 0 Å². The van der Waals surface area contributed by atoms with Crippen molar-refractivity contribution in [2.75, 3.05) is 0 Å². The molecule has 0 amide bonds. The molecule has 0 unspecified atom stereocenters. The van der Waals surface area contributed by atoms with Crippen LogP contribution in [-0.4, -0.2) is 9.78 Å². The van der Waals surface area contributed by atoms with Crippen molar-refractivity contribution in [3.05, 3.63) is 78.1 Å². The monoisotopic (exact) mass is 302 g/mol. The lowest BCUT2D eigenvalue weighted by Gasteiger charge is -2.05. The fraction of sp³-hybridized carbons (Fsp3) is 0.0625. The third-order valence-electron chi connectivity index (χ3n) is 2.99. The summed E-state index contributed by atoms with van der Waals surface area (Å²) in [6.07, 6.45) is 3.59. The van der Waals surface area contributed by atoms with Crippen LogP contribution in [0.3, 0.4) is 0 Å². The fourth-order valence-corrected chi connectivity index (χ4v) is 2.83. The summed E-state index contributed by atoms with van der Waals surface area (Å²) in [5.41, 5.74) is 2.00. The molecule has 0 spiro atoms. The van der Waals surface area contributed by atoms with Crippen LogP contribution in [0.4, 0.5) is 8.78 Å². The normalized spacial score (nSPS) is 10.8. The number of thioether (sulfide) groups is 1. The number of hydrogen-bond donors (Lipinski definition) is 0. The largest absolute Gasteiger partial charge is 0.241 e. The van der Waals surface area contributed by atoms with Crippen LogP contribution in [0.25, 0.3) is 5.69 Å². The van der Waals surface area contributed by atoms with Gasteiger partial charge in [0.2, 0.25) is 0 Å². The Labute approximate surface area is 125 Å². The van der Waals surface area contributed by atoms with Gasteiger partial charge in [-0.05, 0) is 42.0 Å². The maximum Gasteiger partial charge on any atom is 0.136 e. The van der Waals surface area contributed by atoms with Crippen molar-refractivity contribution >= 4 is 11.8 Å². The Morgan fingerprint density at radius 3 is 2.57 bits per heavy atom. The van der Waals surface area contributed by atoms with E-state index < -0.39 is 11.6 Å². The Morgan fingerprint density at radius 2 is 1.86 bits per heavy atom. The summed E-state index contributed by atoms with van der Waals surface area (Å²) in [5.74, 6) is -0.234. The van der Waals surface area contributed by atoms with Crippen LogP contribution in [0.5, 0.6) is 0 Å². The fourth-order valence-electron chi connectivity index (χ4n) is 1.92. The van der Waals surface area contributed by atoms with Gasteiger partial charge in [-0.2, -0.15) is 5.10 Å². The zero-order valence-electron chi connectivity index (χ0n) is 11.0. The van der Waals surface area contributed by atoms with Crippen LogP contribution >= 0.6 is 11.8 Å². The van der Waals surface area contributed by atoms with E-state index in [1.54, 1.807) is 10.9 Å². The molecule has 1 aromatic heterocycles. The number of rotatable bonds is 4. The van der Waals surface area contributed by atoms with Gasteiger partial charge in [0.15, 0.2) is 0 Å². The van der Waals surface area contributed by atoms with Gasteiger partial charge in [0.25, 0.3) is 0 Å². The van der Waals surface area contributed by atoms with Crippen molar-refractivity contribution in [1.29, 1.82) is 0 Å². The molecule has 0 bridgehead atoms. The van der Waals surface area contributed by atoms with Gasteiger partial charge in [-0.25, -0.2) is 13.5 Å². The van der Waals surface area contributed by atoms with Gasteiger partial charge in [-0.1, -0.05) is 12.1 Å². The van der Waals surface area contributed by atoms with Gasteiger partial charge in [-0.3, -0.25) is 0 Å². The molecule has 0 fully saturated rings. The molecule has 2 nitrogen and oxygen atoms in total. The first-order valence-electron chi connectivity index (χ1n) is 6.39. The maximum absolute atomic E-state index is 13.5. The molecule has 2 aromatic carbocycles. The maximum atomic E-state index is 13.5. The van der Waals surface area contributed by atoms with Gasteiger partial charge in [0, 0.05) is 23.0 Å². The number of hydrogen-bond acceptors (Lipinski definition) is 2. The number of benzene rings is 2. The van der Waals surface area contributed by atoms with E-state index in [4.69, 9.17) is 0 Å². The summed E-state index contributed by atoms with van der Waals surface area (Å²) in [5, 5.41) is 4.15. The van der Waals surface area contributed by atoms with Crippen molar-refractivity contribution in [1.82, 2.24) is 9.78 Å². The standard InChI is InChI=1S/C16H12F2N2S/c17-13-4-7-15(18)16(10-13)21-11-12-2-5-14(6-3-12)20-9-1-8-19-20/h1-10H,11H2. The molecule has 1 heterocycles. The summed E-state index contributed by atoms with van der Waals surface area (Å²) in [4.78, 5) is 0.325. The van der Waals surface area contributed by atoms with Crippen molar-refractivity contribution in [2.45, 2.75) is 10.6 Å². The molecule has 106 valence electrons. The van der Waals surface area contributed by atoms with Crippen LogP contribution in [0.2, 0.25) is 0 Å². The second-order valence-electron chi connectivity index (χ2n) is 4.48. The minimum atomic E-state index is -0.423. The lowest BCUT2D eigenvalue weighted by atomic mass is 10.2. The Kier molecular flexibility index (Phi) is 4.01. The average molecular weight is 302 g/mol. The number of aromatic nitrogens is 2. The topological polar surface area (TPSA) is 17.8 Å². The highest BCUT2D eigenvalue weighted by Crippen LogP contribution is 2.26. The second kappa shape index (κ2) is 6.10. The second-order valence-corrected chi connectivity index (χ2v) is 5.50. The molecule has 0 saturated heterocycles. The van der Waals surface area contributed by atoms with Crippen molar-refractivity contribution in [3.8, 4) is 5.69 Å². The lowest BCUT2D eigenvalue weighted by Crippen LogP contribution is -1.94. The van der Waals surface area contributed by atoms with Crippen LogP contribution in [0.1, 0.15) is 5.56 Å². The van der Waals surface area contributed by atoms with Crippen LogP contribution in [0.15, 0.2) is 65.8 Å². The molecule has 0 N–H and O–H groups in total. The van der Waals surface area contributed by atoms with Crippen LogP contribution in [0, 0.1) is 11.6 Å². The van der Waals surface area contributed by atoms with E-state index in [2.05, 4.69) is 5.10 Å². The van der Waals surface area contributed by atoms with Gasteiger partial charge in [0.05, 0.1) is 5.69 Å². The first kappa shape index (κ1) is 13.8. The molecular weight excluding hydrogens is 290 g/mol. The predicted molar refractivity (Wildman–Crippen MR) is 79.5 cm³/mol. The van der Waals surface area contributed by atoms with Gasteiger partial charge >= 0.3 is 0 Å². The van der Waals surface area contributed by atoms with Gasteiger partial charge in [-0.15, -0.1) is 11.8 Å². The van der Waals surface area contributed by atoms with E-state index in [-0.39, 0.29) is 0 Å². The van der Waals surface area contributed by atoms with Gasteiger partial charge in [0.1, 0.15) is 11.6 Å². The van der Waals surface area contributed by atoms with E-state index >= 15 is 0 Å². The molecule has 0 atom stereocenters. The smallest absolute Gasteiger partial charge is 0.136 e. The SMILES string of the molecule is Fc1ccc(F)c(SCc2ccc(-n3cccn3)cc2)c1. The van der Waals surface area contributed by atoms with Crippen LogP contribution in [-0.2, 0) is 5.75 Å². The molecule has 0 aliphatic carbocycles. The van der Waals surface area contributed by atoms with E-state index in [1.807, 2.05) is 36.5 Å². The molecule has 0 aliphatic heterocycles.